The number of hydrogen-bond donors (Lipinski definition) is 3. The maximum atomic E-state index is 12.2. The Kier molecular flexibility index (Phi) is 4.03. The third-order valence-electron chi connectivity index (χ3n) is 2.77. The Morgan fingerprint density at radius 2 is 2.14 bits per heavy atom. The van der Waals surface area contributed by atoms with Crippen LogP contribution in [0.1, 0.15) is 28.8 Å². The van der Waals surface area contributed by atoms with Crippen LogP contribution >= 0.6 is 0 Å². The van der Waals surface area contributed by atoms with Gasteiger partial charge in [0.25, 0.3) is 10.0 Å². The summed E-state index contributed by atoms with van der Waals surface area (Å²) in [5.41, 5.74) is 0.821. The molecule has 0 fully saturated rings. The number of H-pyrrole nitrogens is 2. The Bertz CT molecular complexity index is 760. The Balaban J connectivity index is 2.34. The van der Waals surface area contributed by atoms with Gasteiger partial charge in [-0.2, -0.15) is 8.42 Å². The van der Waals surface area contributed by atoms with E-state index in [1.807, 2.05) is 0 Å². The van der Waals surface area contributed by atoms with E-state index in [0.717, 1.165) is 0 Å². The summed E-state index contributed by atoms with van der Waals surface area (Å²) in [6, 6.07) is 0. The second-order valence-corrected chi connectivity index (χ2v) is 6.01. The zero-order valence-corrected chi connectivity index (χ0v) is 12.7. The van der Waals surface area contributed by atoms with Gasteiger partial charge in [-0.15, -0.1) is 0 Å². The Hall–Kier alpha value is -2.29. The number of sulfonamides is 1. The first-order chi connectivity index (χ1) is 9.85. The lowest BCUT2D eigenvalue weighted by atomic mass is 10.2. The van der Waals surface area contributed by atoms with Crippen molar-refractivity contribution in [2.45, 2.75) is 25.8 Å². The monoisotopic (exact) mass is 312 g/mol. The van der Waals surface area contributed by atoms with E-state index in [4.69, 9.17) is 4.74 Å². The molecule has 0 spiro atoms. The predicted molar refractivity (Wildman–Crippen MR) is 75.6 cm³/mol. The molecule has 21 heavy (non-hydrogen) atoms. The van der Waals surface area contributed by atoms with Gasteiger partial charge in [0.05, 0.1) is 18.5 Å². The molecule has 2 heterocycles. The summed E-state index contributed by atoms with van der Waals surface area (Å²) in [7, 11) is -3.85. The van der Waals surface area contributed by atoms with Gasteiger partial charge < -0.3 is 14.7 Å². The van der Waals surface area contributed by atoms with E-state index in [1.54, 1.807) is 20.8 Å². The molecule has 2 aromatic heterocycles. The highest BCUT2D eigenvalue weighted by Gasteiger charge is 2.23. The Morgan fingerprint density at radius 3 is 2.71 bits per heavy atom. The van der Waals surface area contributed by atoms with Crippen LogP contribution in [0.4, 0.5) is 5.69 Å². The number of carbonyl (C=O) groups excluding carboxylic acids is 1. The number of rotatable bonds is 5. The molecule has 0 bridgehead atoms. The maximum Gasteiger partial charge on any atom is 0.342 e. The van der Waals surface area contributed by atoms with Gasteiger partial charge in [-0.1, -0.05) is 0 Å². The van der Waals surface area contributed by atoms with Gasteiger partial charge >= 0.3 is 5.97 Å². The summed E-state index contributed by atoms with van der Waals surface area (Å²) in [4.78, 5) is 21.2. The number of nitrogens with one attached hydrogen (secondary N) is 3. The number of hydrogen-bond acceptors (Lipinski definition) is 5. The third-order valence-corrected chi connectivity index (χ3v) is 4.05. The number of aromatic amines is 2. The van der Waals surface area contributed by atoms with Crippen LogP contribution in [0.2, 0.25) is 0 Å². The van der Waals surface area contributed by atoms with Gasteiger partial charge in [-0.3, -0.25) is 4.72 Å². The van der Waals surface area contributed by atoms with E-state index in [9.17, 15) is 13.2 Å². The predicted octanol–water partition coefficient (Wildman–Crippen LogP) is 1.33. The normalized spacial score (nSPS) is 11.4. The maximum absolute atomic E-state index is 12.2. The molecule has 0 aliphatic heterocycles. The van der Waals surface area contributed by atoms with Crippen LogP contribution in [0.15, 0.2) is 17.4 Å². The molecule has 2 rings (SSSR count). The largest absolute Gasteiger partial charge is 0.462 e. The van der Waals surface area contributed by atoms with E-state index in [0.29, 0.717) is 11.5 Å². The van der Waals surface area contributed by atoms with Gasteiger partial charge in [0, 0.05) is 11.9 Å². The summed E-state index contributed by atoms with van der Waals surface area (Å²) >= 11 is 0. The van der Waals surface area contributed by atoms with Crippen molar-refractivity contribution in [1.29, 1.82) is 0 Å². The van der Waals surface area contributed by atoms with Crippen molar-refractivity contribution in [2.24, 2.45) is 0 Å². The molecule has 0 saturated carbocycles. The molecule has 9 heteroatoms. The fourth-order valence-electron chi connectivity index (χ4n) is 1.81. The van der Waals surface area contributed by atoms with Crippen molar-refractivity contribution in [3.8, 4) is 0 Å². The number of anilines is 1. The van der Waals surface area contributed by atoms with Gasteiger partial charge in [-0.05, 0) is 20.8 Å². The fraction of sp³-hybridized carbons (Fsp3) is 0.333. The first-order valence-corrected chi connectivity index (χ1v) is 7.73. The fourth-order valence-corrected chi connectivity index (χ4v) is 2.84. The zero-order valence-electron chi connectivity index (χ0n) is 11.9. The molecule has 0 aromatic carbocycles. The van der Waals surface area contributed by atoms with Crippen molar-refractivity contribution < 1.29 is 17.9 Å². The van der Waals surface area contributed by atoms with E-state index < -0.39 is 16.0 Å². The Morgan fingerprint density at radius 1 is 1.43 bits per heavy atom. The molecular formula is C12H16N4O4S. The second kappa shape index (κ2) is 5.60. The molecule has 0 saturated heterocycles. The quantitative estimate of drug-likeness (QED) is 0.720. The lowest BCUT2D eigenvalue weighted by Crippen LogP contribution is -2.16. The van der Waals surface area contributed by atoms with Crippen LogP contribution in [0.3, 0.4) is 0 Å². The van der Waals surface area contributed by atoms with Crippen molar-refractivity contribution in [3.05, 3.63) is 29.5 Å². The third kappa shape index (κ3) is 3.07. The molecule has 8 nitrogen and oxygen atoms in total. The van der Waals surface area contributed by atoms with Gasteiger partial charge in [-0.25, -0.2) is 9.78 Å². The van der Waals surface area contributed by atoms with Gasteiger partial charge in [0.15, 0.2) is 5.03 Å². The second-order valence-electron chi connectivity index (χ2n) is 4.36. The number of carbonyl (C=O) groups is 1. The van der Waals surface area contributed by atoms with Crippen LogP contribution in [-0.4, -0.2) is 35.9 Å². The highest BCUT2D eigenvalue weighted by Crippen LogP contribution is 2.23. The van der Waals surface area contributed by atoms with E-state index in [2.05, 4.69) is 19.7 Å². The lowest BCUT2D eigenvalue weighted by molar-refractivity contribution is 0.0527. The number of nitrogens with zero attached hydrogens (tertiary/aromatic N) is 1. The van der Waals surface area contributed by atoms with E-state index in [-0.39, 0.29) is 22.9 Å². The Labute approximate surface area is 122 Å². The molecule has 0 aliphatic carbocycles. The molecule has 0 unspecified atom stereocenters. The molecule has 0 atom stereocenters. The molecule has 0 amide bonds. The zero-order chi connectivity index (χ0) is 15.6. The summed E-state index contributed by atoms with van der Waals surface area (Å²) in [6.45, 7) is 5.18. The molecule has 0 aliphatic rings. The summed E-state index contributed by atoms with van der Waals surface area (Å²) in [5, 5.41) is -0.0753. The first-order valence-electron chi connectivity index (χ1n) is 6.24. The minimum Gasteiger partial charge on any atom is -0.462 e. The van der Waals surface area contributed by atoms with E-state index in [1.165, 1.54) is 12.4 Å². The molecule has 114 valence electrons. The highest BCUT2D eigenvalue weighted by molar-refractivity contribution is 7.92. The van der Waals surface area contributed by atoms with Crippen LogP contribution in [0.5, 0.6) is 0 Å². The van der Waals surface area contributed by atoms with Crippen LogP contribution in [-0.2, 0) is 14.8 Å². The van der Waals surface area contributed by atoms with Crippen molar-refractivity contribution in [1.82, 2.24) is 15.0 Å². The standard InChI is InChI=1S/C12H16N4O4S/c1-4-20-12(17)11-7(2)13-5-9(11)16-21(18,19)10-6-14-8(3)15-10/h5-6,13,16H,4H2,1-3H3,(H,14,15). The number of ether oxygens (including phenoxy) is 1. The van der Waals surface area contributed by atoms with Crippen LogP contribution < -0.4 is 4.72 Å². The minimum absolute atomic E-state index is 0.0753. The summed E-state index contributed by atoms with van der Waals surface area (Å²) in [5.74, 6) is -0.110. The SMILES string of the molecule is CCOC(=O)c1c(NS(=O)(=O)c2cnc(C)[nH]2)c[nH]c1C. The van der Waals surface area contributed by atoms with Gasteiger partial charge in [0.1, 0.15) is 11.4 Å². The summed E-state index contributed by atoms with van der Waals surface area (Å²) < 4.78 is 31.7. The highest BCUT2D eigenvalue weighted by atomic mass is 32.2. The van der Waals surface area contributed by atoms with Crippen LogP contribution in [0.25, 0.3) is 0 Å². The number of esters is 1. The first kappa shape index (κ1) is 15.1. The number of aromatic nitrogens is 3. The number of imidazole rings is 1. The smallest absolute Gasteiger partial charge is 0.342 e. The summed E-state index contributed by atoms with van der Waals surface area (Å²) in [6.07, 6.45) is 2.61. The molecular weight excluding hydrogens is 296 g/mol. The van der Waals surface area contributed by atoms with Crippen molar-refractivity contribution in [2.75, 3.05) is 11.3 Å². The van der Waals surface area contributed by atoms with Crippen LogP contribution in [0, 0.1) is 13.8 Å². The van der Waals surface area contributed by atoms with Crippen molar-refractivity contribution >= 4 is 21.7 Å². The number of aryl methyl sites for hydroxylation is 2. The molecule has 0 radical (unpaired) electrons. The van der Waals surface area contributed by atoms with E-state index >= 15 is 0 Å². The molecule has 2 aromatic rings. The topological polar surface area (TPSA) is 117 Å². The molecule has 3 N–H and O–H groups in total. The lowest BCUT2D eigenvalue weighted by Gasteiger charge is -2.07. The average Bonchev–Trinajstić information content (AvgIpc) is 2.97. The van der Waals surface area contributed by atoms with Crippen molar-refractivity contribution in [3.63, 3.8) is 0 Å². The van der Waals surface area contributed by atoms with Gasteiger partial charge in [0.2, 0.25) is 0 Å². The minimum atomic E-state index is -3.85. The average molecular weight is 312 g/mol.